The second-order valence-electron chi connectivity index (χ2n) is 7.15. The van der Waals surface area contributed by atoms with Gasteiger partial charge in [-0.05, 0) is 43.9 Å². The molecule has 2 saturated heterocycles. The molecule has 0 aliphatic carbocycles. The summed E-state index contributed by atoms with van der Waals surface area (Å²) in [6.07, 6.45) is 1.46. The highest BCUT2D eigenvalue weighted by Gasteiger charge is 2.30. The van der Waals surface area contributed by atoms with Gasteiger partial charge < -0.3 is 19.3 Å². The first-order valence-electron chi connectivity index (χ1n) is 9.39. The summed E-state index contributed by atoms with van der Waals surface area (Å²) in [7, 11) is 0. The van der Waals surface area contributed by atoms with Gasteiger partial charge in [0.05, 0.1) is 13.2 Å². The molecule has 1 aromatic carbocycles. The molecule has 1 aromatic rings. The van der Waals surface area contributed by atoms with Crippen molar-refractivity contribution in [3.05, 3.63) is 29.3 Å². The van der Waals surface area contributed by atoms with Gasteiger partial charge in [0.1, 0.15) is 5.75 Å². The van der Waals surface area contributed by atoms with E-state index in [1.165, 1.54) is 0 Å². The Morgan fingerprint density at radius 2 is 1.77 bits per heavy atom. The minimum Gasteiger partial charge on any atom is -0.483 e. The maximum atomic E-state index is 12.6. The van der Waals surface area contributed by atoms with Crippen LogP contribution in [0.3, 0.4) is 0 Å². The largest absolute Gasteiger partial charge is 0.483 e. The Kier molecular flexibility index (Phi) is 6.14. The van der Waals surface area contributed by atoms with Crippen molar-refractivity contribution in [1.29, 1.82) is 0 Å². The SMILES string of the molecule is Cc1ccc(C)c(OCC(=O)N2CCC(C(=O)N3CCOCC3)CC2)c1. The van der Waals surface area contributed by atoms with Gasteiger partial charge >= 0.3 is 0 Å². The Hall–Kier alpha value is -2.08. The van der Waals surface area contributed by atoms with Crippen molar-refractivity contribution in [2.45, 2.75) is 26.7 Å². The first-order chi connectivity index (χ1) is 12.5. The topological polar surface area (TPSA) is 59.1 Å². The van der Waals surface area contributed by atoms with Gasteiger partial charge in [-0.3, -0.25) is 9.59 Å². The van der Waals surface area contributed by atoms with E-state index >= 15 is 0 Å². The number of rotatable bonds is 4. The van der Waals surface area contributed by atoms with Gasteiger partial charge in [-0.1, -0.05) is 12.1 Å². The Bertz CT molecular complexity index is 647. The molecule has 0 radical (unpaired) electrons. The number of morpholine rings is 1. The van der Waals surface area contributed by atoms with Crippen LogP contribution in [0.25, 0.3) is 0 Å². The first-order valence-corrected chi connectivity index (χ1v) is 9.39. The monoisotopic (exact) mass is 360 g/mol. The lowest BCUT2D eigenvalue weighted by molar-refractivity contribution is -0.144. The highest BCUT2D eigenvalue weighted by atomic mass is 16.5. The van der Waals surface area contributed by atoms with E-state index in [0.717, 1.165) is 29.7 Å². The number of carbonyl (C=O) groups excluding carboxylic acids is 2. The van der Waals surface area contributed by atoms with Crippen molar-refractivity contribution in [3.8, 4) is 5.75 Å². The zero-order valence-electron chi connectivity index (χ0n) is 15.7. The molecule has 0 spiro atoms. The van der Waals surface area contributed by atoms with Gasteiger partial charge in [0.2, 0.25) is 5.91 Å². The van der Waals surface area contributed by atoms with Crippen LogP contribution in [0.5, 0.6) is 5.75 Å². The van der Waals surface area contributed by atoms with Gasteiger partial charge in [0, 0.05) is 32.1 Å². The Balaban J connectivity index is 1.46. The minimum atomic E-state index is -0.0109. The molecular weight excluding hydrogens is 332 g/mol. The van der Waals surface area contributed by atoms with E-state index in [2.05, 4.69) is 0 Å². The van der Waals surface area contributed by atoms with Gasteiger partial charge in [-0.15, -0.1) is 0 Å². The molecule has 6 heteroatoms. The fourth-order valence-corrected chi connectivity index (χ4v) is 3.51. The number of piperidine rings is 1. The normalized spacial score (nSPS) is 18.7. The molecule has 142 valence electrons. The Morgan fingerprint density at radius 1 is 1.08 bits per heavy atom. The van der Waals surface area contributed by atoms with E-state index in [4.69, 9.17) is 9.47 Å². The van der Waals surface area contributed by atoms with E-state index in [0.29, 0.717) is 39.4 Å². The van der Waals surface area contributed by atoms with Crippen molar-refractivity contribution in [1.82, 2.24) is 9.80 Å². The van der Waals surface area contributed by atoms with Crippen molar-refractivity contribution in [3.63, 3.8) is 0 Å². The van der Waals surface area contributed by atoms with Gasteiger partial charge in [-0.2, -0.15) is 0 Å². The summed E-state index contributed by atoms with van der Waals surface area (Å²) in [5, 5.41) is 0. The number of likely N-dealkylation sites (tertiary alicyclic amines) is 1. The molecule has 2 aliphatic rings. The van der Waals surface area contributed by atoms with E-state index < -0.39 is 0 Å². The molecule has 2 heterocycles. The summed E-state index contributed by atoms with van der Waals surface area (Å²) in [6.45, 7) is 7.88. The highest BCUT2D eigenvalue weighted by Crippen LogP contribution is 2.22. The molecular formula is C20H28N2O4. The van der Waals surface area contributed by atoms with Gasteiger partial charge in [-0.25, -0.2) is 0 Å². The van der Waals surface area contributed by atoms with Gasteiger partial charge in [0.25, 0.3) is 5.91 Å². The molecule has 2 aliphatic heterocycles. The van der Waals surface area contributed by atoms with Crippen LogP contribution >= 0.6 is 0 Å². The molecule has 2 fully saturated rings. The van der Waals surface area contributed by atoms with E-state index in [1.807, 2.05) is 41.8 Å². The smallest absolute Gasteiger partial charge is 0.260 e. The van der Waals surface area contributed by atoms with Crippen LogP contribution in [0.4, 0.5) is 0 Å². The molecule has 6 nitrogen and oxygen atoms in total. The molecule has 3 rings (SSSR count). The summed E-state index contributed by atoms with van der Waals surface area (Å²) in [5.74, 6) is 0.989. The quantitative estimate of drug-likeness (QED) is 0.821. The number of aryl methyl sites for hydroxylation is 2. The minimum absolute atomic E-state index is 0.0109. The average Bonchev–Trinajstić information content (AvgIpc) is 2.68. The second kappa shape index (κ2) is 8.54. The number of hydrogen-bond acceptors (Lipinski definition) is 4. The standard InChI is InChI=1S/C20H28N2O4/c1-15-3-4-16(2)18(13-15)26-14-19(23)21-7-5-17(6-8-21)20(24)22-9-11-25-12-10-22/h3-4,13,17H,5-12,14H2,1-2H3. The molecule has 0 atom stereocenters. The van der Waals surface area contributed by atoms with Crippen LogP contribution < -0.4 is 4.74 Å². The fraction of sp³-hybridized carbons (Fsp3) is 0.600. The van der Waals surface area contributed by atoms with Crippen LogP contribution in [0.2, 0.25) is 0 Å². The third-order valence-electron chi connectivity index (χ3n) is 5.21. The number of nitrogens with zero attached hydrogens (tertiary/aromatic N) is 2. The van der Waals surface area contributed by atoms with Crippen LogP contribution in [-0.4, -0.2) is 67.6 Å². The molecule has 0 N–H and O–H groups in total. The van der Waals surface area contributed by atoms with Crippen molar-refractivity contribution >= 4 is 11.8 Å². The molecule has 26 heavy (non-hydrogen) atoms. The predicted molar refractivity (Wildman–Crippen MR) is 98.1 cm³/mol. The van der Waals surface area contributed by atoms with Crippen molar-refractivity contribution in [2.75, 3.05) is 46.0 Å². The fourth-order valence-electron chi connectivity index (χ4n) is 3.51. The lowest BCUT2D eigenvalue weighted by atomic mass is 9.95. The van der Waals surface area contributed by atoms with Crippen LogP contribution in [-0.2, 0) is 14.3 Å². The zero-order valence-corrected chi connectivity index (χ0v) is 15.7. The summed E-state index contributed by atoms with van der Waals surface area (Å²) in [6, 6.07) is 5.98. The molecule has 0 aromatic heterocycles. The van der Waals surface area contributed by atoms with Crippen LogP contribution in [0, 0.1) is 19.8 Å². The summed E-state index contributed by atoms with van der Waals surface area (Å²) >= 11 is 0. The van der Waals surface area contributed by atoms with Gasteiger partial charge in [0.15, 0.2) is 6.61 Å². The summed E-state index contributed by atoms with van der Waals surface area (Å²) < 4.78 is 11.0. The van der Waals surface area contributed by atoms with E-state index in [9.17, 15) is 9.59 Å². The molecule has 2 amide bonds. The molecule has 0 unspecified atom stereocenters. The number of ether oxygens (including phenoxy) is 2. The zero-order chi connectivity index (χ0) is 18.5. The molecule has 0 saturated carbocycles. The van der Waals surface area contributed by atoms with E-state index in [1.54, 1.807) is 0 Å². The Morgan fingerprint density at radius 3 is 2.46 bits per heavy atom. The van der Waals surface area contributed by atoms with Crippen LogP contribution in [0.1, 0.15) is 24.0 Å². The number of hydrogen-bond donors (Lipinski definition) is 0. The highest BCUT2D eigenvalue weighted by molar-refractivity contribution is 5.80. The second-order valence-corrected chi connectivity index (χ2v) is 7.15. The summed E-state index contributed by atoms with van der Waals surface area (Å²) in [5.41, 5.74) is 2.14. The van der Waals surface area contributed by atoms with Crippen molar-refractivity contribution in [2.24, 2.45) is 5.92 Å². The third-order valence-corrected chi connectivity index (χ3v) is 5.21. The average molecular weight is 360 g/mol. The number of carbonyl (C=O) groups is 2. The lowest BCUT2D eigenvalue weighted by Gasteiger charge is -2.35. The number of amides is 2. The molecule has 0 bridgehead atoms. The third kappa shape index (κ3) is 4.55. The van der Waals surface area contributed by atoms with Crippen LogP contribution in [0.15, 0.2) is 18.2 Å². The summed E-state index contributed by atoms with van der Waals surface area (Å²) in [4.78, 5) is 28.7. The first kappa shape index (κ1) is 18.7. The number of benzene rings is 1. The van der Waals surface area contributed by atoms with Crippen molar-refractivity contribution < 1.29 is 19.1 Å². The Labute approximate surface area is 155 Å². The lowest BCUT2D eigenvalue weighted by Crippen LogP contribution is -2.48. The maximum Gasteiger partial charge on any atom is 0.260 e. The predicted octanol–water partition coefficient (Wildman–Crippen LogP) is 1.78. The van der Waals surface area contributed by atoms with E-state index in [-0.39, 0.29) is 24.3 Å². The maximum absolute atomic E-state index is 12.6.